The van der Waals surface area contributed by atoms with Gasteiger partial charge in [-0.1, -0.05) is 30.3 Å². The summed E-state index contributed by atoms with van der Waals surface area (Å²) in [6.07, 6.45) is -3.67. The first kappa shape index (κ1) is 13.0. The topological polar surface area (TPSA) is 38.0 Å². The van der Waals surface area contributed by atoms with Crippen molar-refractivity contribution in [1.29, 1.82) is 0 Å². The number of benzene rings is 1. The third kappa shape index (κ3) is 5.14. The van der Waals surface area contributed by atoms with Crippen molar-refractivity contribution >= 4 is 0 Å². The zero-order chi connectivity index (χ0) is 12.0. The number of nitrogens with one attached hydrogen (secondary N) is 1. The maximum Gasteiger partial charge on any atom is 0.401 e. The van der Waals surface area contributed by atoms with E-state index in [2.05, 4.69) is 5.32 Å². The highest BCUT2D eigenvalue weighted by atomic mass is 19.4. The molecule has 0 bridgehead atoms. The molecule has 0 aromatic heterocycles. The van der Waals surface area contributed by atoms with Crippen molar-refractivity contribution in [2.75, 3.05) is 13.1 Å². The summed E-state index contributed by atoms with van der Waals surface area (Å²) in [4.78, 5) is 0. The fraction of sp³-hybridized carbons (Fsp3) is 0.455. The molecular weight excluding hydrogens is 217 g/mol. The van der Waals surface area contributed by atoms with Gasteiger partial charge in [0.2, 0.25) is 0 Å². The van der Waals surface area contributed by atoms with E-state index in [0.29, 0.717) is 6.42 Å². The van der Waals surface area contributed by atoms with Gasteiger partial charge in [-0.05, 0) is 18.5 Å². The van der Waals surface area contributed by atoms with E-state index in [1.54, 1.807) is 0 Å². The second-order valence-corrected chi connectivity index (χ2v) is 3.60. The van der Waals surface area contributed by atoms with Crippen molar-refractivity contribution in [1.82, 2.24) is 5.32 Å². The summed E-state index contributed by atoms with van der Waals surface area (Å²) in [5, 5.41) is 2.32. The van der Waals surface area contributed by atoms with Gasteiger partial charge in [0.1, 0.15) is 0 Å². The average molecular weight is 232 g/mol. The minimum absolute atomic E-state index is 0.220. The van der Waals surface area contributed by atoms with Crippen molar-refractivity contribution < 1.29 is 13.2 Å². The summed E-state index contributed by atoms with van der Waals surface area (Å²) in [5.41, 5.74) is 6.76. The molecule has 0 amide bonds. The Morgan fingerprint density at radius 3 is 2.38 bits per heavy atom. The molecule has 5 heteroatoms. The van der Waals surface area contributed by atoms with Gasteiger partial charge in [0.05, 0.1) is 6.54 Å². The van der Waals surface area contributed by atoms with Crippen molar-refractivity contribution in [3.63, 3.8) is 0 Å². The van der Waals surface area contributed by atoms with Crippen LogP contribution in [-0.4, -0.2) is 19.3 Å². The lowest BCUT2D eigenvalue weighted by atomic mass is 10.1. The molecule has 2 nitrogen and oxygen atoms in total. The second kappa shape index (κ2) is 5.86. The first-order chi connectivity index (χ1) is 7.49. The summed E-state index contributed by atoms with van der Waals surface area (Å²) in [7, 11) is 0. The van der Waals surface area contributed by atoms with Crippen LogP contribution in [0.3, 0.4) is 0 Å². The first-order valence-corrected chi connectivity index (χ1v) is 5.07. The van der Waals surface area contributed by atoms with Crippen LogP contribution in [0.25, 0.3) is 0 Å². The summed E-state index contributed by atoms with van der Waals surface area (Å²) in [6, 6.07) is 9.11. The van der Waals surface area contributed by atoms with Gasteiger partial charge in [-0.25, -0.2) is 0 Å². The van der Waals surface area contributed by atoms with Crippen LogP contribution in [0, 0.1) is 0 Å². The first-order valence-electron chi connectivity index (χ1n) is 5.07. The zero-order valence-electron chi connectivity index (χ0n) is 8.80. The highest BCUT2D eigenvalue weighted by Crippen LogP contribution is 2.14. The van der Waals surface area contributed by atoms with Gasteiger partial charge in [0.25, 0.3) is 0 Å². The molecule has 0 saturated carbocycles. The molecule has 0 fully saturated rings. The van der Waals surface area contributed by atoms with E-state index < -0.39 is 12.7 Å². The highest BCUT2D eigenvalue weighted by Gasteiger charge is 2.26. The molecule has 1 rings (SSSR count). The standard InChI is InChI=1S/C11H15F3N2/c12-11(13,14)8-16-7-6-10(15)9-4-2-1-3-5-9/h1-5,10,16H,6-8,15H2. The van der Waals surface area contributed by atoms with Crippen LogP contribution in [-0.2, 0) is 0 Å². The van der Waals surface area contributed by atoms with E-state index in [4.69, 9.17) is 5.73 Å². The summed E-state index contributed by atoms with van der Waals surface area (Å²) < 4.78 is 35.4. The average Bonchev–Trinajstić information content (AvgIpc) is 2.24. The molecule has 0 spiro atoms. The third-order valence-electron chi connectivity index (χ3n) is 2.19. The molecule has 16 heavy (non-hydrogen) atoms. The van der Waals surface area contributed by atoms with E-state index in [9.17, 15) is 13.2 Å². The molecule has 0 aliphatic carbocycles. The monoisotopic (exact) mass is 232 g/mol. The number of hydrogen-bond donors (Lipinski definition) is 2. The van der Waals surface area contributed by atoms with E-state index >= 15 is 0 Å². The van der Waals surface area contributed by atoms with Crippen LogP contribution < -0.4 is 11.1 Å². The van der Waals surface area contributed by atoms with Gasteiger partial charge in [0, 0.05) is 6.04 Å². The second-order valence-electron chi connectivity index (χ2n) is 3.60. The Hall–Kier alpha value is -1.07. The lowest BCUT2D eigenvalue weighted by Gasteiger charge is -2.13. The quantitative estimate of drug-likeness (QED) is 0.764. The van der Waals surface area contributed by atoms with Crippen LogP contribution in [0.2, 0.25) is 0 Å². The summed E-state index contributed by atoms with van der Waals surface area (Å²) >= 11 is 0. The number of nitrogens with two attached hydrogens (primary N) is 1. The van der Waals surface area contributed by atoms with Gasteiger partial charge >= 0.3 is 6.18 Å². The van der Waals surface area contributed by atoms with Crippen LogP contribution in [0.5, 0.6) is 0 Å². The maximum atomic E-state index is 11.8. The number of alkyl halides is 3. The smallest absolute Gasteiger partial charge is 0.324 e. The molecule has 0 heterocycles. The molecule has 90 valence electrons. The van der Waals surface area contributed by atoms with Crippen molar-refractivity contribution in [3.8, 4) is 0 Å². The van der Waals surface area contributed by atoms with Crippen molar-refractivity contribution in [3.05, 3.63) is 35.9 Å². The molecule has 0 aliphatic heterocycles. The highest BCUT2D eigenvalue weighted by molar-refractivity contribution is 5.18. The molecule has 1 unspecified atom stereocenters. The van der Waals surface area contributed by atoms with Gasteiger partial charge < -0.3 is 11.1 Å². The Morgan fingerprint density at radius 2 is 1.81 bits per heavy atom. The van der Waals surface area contributed by atoms with Gasteiger partial charge in [-0.3, -0.25) is 0 Å². The van der Waals surface area contributed by atoms with Gasteiger partial charge in [-0.15, -0.1) is 0 Å². The Morgan fingerprint density at radius 1 is 1.19 bits per heavy atom. The normalized spacial score (nSPS) is 13.8. The van der Waals surface area contributed by atoms with Crippen LogP contribution in [0.15, 0.2) is 30.3 Å². The fourth-order valence-electron chi connectivity index (χ4n) is 1.35. The minimum atomic E-state index is -4.16. The van der Waals surface area contributed by atoms with Gasteiger partial charge in [0.15, 0.2) is 0 Å². The molecular formula is C11H15F3N2. The van der Waals surface area contributed by atoms with Crippen LogP contribution in [0.4, 0.5) is 13.2 Å². The summed E-state index contributed by atoms with van der Waals surface area (Å²) in [6.45, 7) is -0.704. The lowest BCUT2D eigenvalue weighted by Crippen LogP contribution is -2.30. The molecule has 0 saturated heterocycles. The number of rotatable bonds is 5. The molecule has 0 radical (unpaired) electrons. The number of halogens is 3. The van der Waals surface area contributed by atoms with Gasteiger partial charge in [-0.2, -0.15) is 13.2 Å². The minimum Gasteiger partial charge on any atom is -0.324 e. The predicted molar refractivity (Wildman–Crippen MR) is 56.9 cm³/mol. The number of hydrogen-bond acceptors (Lipinski definition) is 2. The van der Waals surface area contributed by atoms with E-state index in [1.807, 2.05) is 30.3 Å². The van der Waals surface area contributed by atoms with E-state index in [0.717, 1.165) is 5.56 Å². The molecule has 3 N–H and O–H groups in total. The largest absolute Gasteiger partial charge is 0.401 e. The van der Waals surface area contributed by atoms with Crippen molar-refractivity contribution in [2.24, 2.45) is 5.73 Å². The summed E-state index contributed by atoms with van der Waals surface area (Å²) in [5.74, 6) is 0. The Labute approximate surface area is 92.6 Å². The third-order valence-corrected chi connectivity index (χ3v) is 2.19. The van der Waals surface area contributed by atoms with Crippen LogP contribution in [0.1, 0.15) is 18.0 Å². The zero-order valence-corrected chi connectivity index (χ0v) is 8.80. The SMILES string of the molecule is NC(CCNCC(F)(F)F)c1ccccc1. The van der Waals surface area contributed by atoms with E-state index in [1.165, 1.54) is 0 Å². The Kier molecular flexibility index (Phi) is 4.76. The molecule has 0 aliphatic rings. The predicted octanol–water partition coefficient (Wildman–Crippen LogP) is 2.23. The maximum absolute atomic E-state index is 11.8. The molecule has 1 aromatic carbocycles. The lowest BCUT2D eigenvalue weighted by molar-refractivity contribution is -0.124. The van der Waals surface area contributed by atoms with Crippen molar-refractivity contribution in [2.45, 2.75) is 18.6 Å². The van der Waals surface area contributed by atoms with Crippen LogP contribution >= 0.6 is 0 Å². The Balaban J connectivity index is 2.24. The molecule has 1 aromatic rings. The Bertz CT molecular complexity index is 298. The van der Waals surface area contributed by atoms with E-state index in [-0.39, 0.29) is 12.6 Å². The molecule has 1 atom stereocenters. The fourth-order valence-corrected chi connectivity index (χ4v) is 1.35.